The number of carbonyl (C=O) groups excluding carboxylic acids is 1. The Morgan fingerprint density at radius 1 is 1.35 bits per heavy atom. The van der Waals surface area contributed by atoms with Gasteiger partial charge >= 0.3 is 0 Å². The number of aryl methyl sites for hydroxylation is 1. The lowest BCUT2D eigenvalue weighted by atomic mass is 10.2. The number of H-pyrrole nitrogens is 1. The van der Waals surface area contributed by atoms with Gasteiger partial charge in [-0.25, -0.2) is 4.98 Å². The zero-order valence-electron chi connectivity index (χ0n) is 12.1. The zero-order chi connectivity index (χ0) is 13.9. The quantitative estimate of drug-likeness (QED) is 0.897. The van der Waals surface area contributed by atoms with Gasteiger partial charge in [0.25, 0.3) is 5.91 Å². The Morgan fingerprint density at radius 2 is 2.20 bits per heavy atom. The highest BCUT2D eigenvalue weighted by Gasteiger charge is 2.31. The fraction of sp³-hybridized carbons (Fsp3) is 0.786. The van der Waals surface area contributed by atoms with E-state index >= 15 is 0 Å². The first-order chi connectivity index (χ1) is 9.78. The number of nitrogens with one attached hydrogen (secondary N) is 1. The molecule has 0 aliphatic carbocycles. The van der Waals surface area contributed by atoms with E-state index in [4.69, 9.17) is 0 Å². The highest BCUT2D eigenvalue weighted by Crippen LogP contribution is 2.21. The minimum absolute atomic E-state index is 0.0163. The molecule has 0 saturated carbocycles. The van der Waals surface area contributed by atoms with E-state index in [1.807, 2.05) is 4.90 Å². The maximum Gasteiger partial charge on any atom is 0.293 e. The standard InChI is InChI=1S/C14H23N5O/c1-2-5-12-15-13(17-16-12)14(20)19-9-4-8-18-7-3-6-11(18)10-19/h11H,2-10H2,1H3,(H,15,16,17). The molecule has 2 saturated heterocycles. The molecule has 3 heterocycles. The molecule has 2 aliphatic heterocycles. The van der Waals surface area contributed by atoms with Crippen molar-refractivity contribution in [2.24, 2.45) is 0 Å². The molecule has 3 rings (SSSR count). The Morgan fingerprint density at radius 3 is 3.05 bits per heavy atom. The van der Waals surface area contributed by atoms with Crippen LogP contribution in [-0.2, 0) is 6.42 Å². The van der Waals surface area contributed by atoms with Gasteiger partial charge in [0.15, 0.2) is 0 Å². The largest absolute Gasteiger partial charge is 0.334 e. The van der Waals surface area contributed by atoms with Crippen LogP contribution in [-0.4, -0.2) is 63.1 Å². The minimum atomic E-state index is -0.0163. The summed E-state index contributed by atoms with van der Waals surface area (Å²) in [7, 11) is 0. The van der Waals surface area contributed by atoms with Crippen LogP contribution in [0.5, 0.6) is 0 Å². The van der Waals surface area contributed by atoms with Gasteiger partial charge in [-0.2, -0.15) is 0 Å². The maximum absolute atomic E-state index is 12.5. The van der Waals surface area contributed by atoms with Crippen LogP contribution in [0.3, 0.4) is 0 Å². The first kappa shape index (κ1) is 13.5. The van der Waals surface area contributed by atoms with Crippen LogP contribution in [0.25, 0.3) is 0 Å². The van der Waals surface area contributed by atoms with Gasteiger partial charge < -0.3 is 4.90 Å². The van der Waals surface area contributed by atoms with Crippen molar-refractivity contribution >= 4 is 5.91 Å². The summed E-state index contributed by atoms with van der Waals surface area (Å²) >= 11 is 0. The normalized spacial score (nSPS) is 23.6. The lowest BCUT2D eigenvalue weighted by Crippen LogP contribution is -2.40. The molecular formula is C14H23N5O. The van der Waals surface area contributed by atoms with Gasteiger partial charge in [0.2, 0.25) is 5.82 Å². The van der Waals surface area contributed by atoms with Crippen LogP contribution >= 0.6 is 0 Å². The molecule has 1 atom stereocenters. The van der Waals surface area contributed by atoms with Crippen molar-refractivity contribution in [3.05, 3.63) is 11.6 Å². The van der Waals surface area contributed by atoms with E-state index in [-0.39, 0.29) is 5.91 Å². The third-order valence-corrected chi connectivity index (χ3v) is 4.30. The van der Waals surface area contributed by atoms with Gasteiger partial charge in [-0.1, -0.05) is 6.92 Å². The third kappa shape index (κ3) is 2.70. The molecule has 6 heteroatoms. The highest BCUT2D eigenvalue weighted by atomic mass is 16.2. The Bertz CT molecular complexity index is 472. The number of hydrogen-bond acceptors (Lipinski definition) is 4. The second kappa shape index (κ2) is 5.91. The van der Waals surface area contributed by atoms with Crippen molar-refractivity contribution < 1.29 is 4.79 Å². The van der Waals surface area contributed by atoms with Crippen molar-refractivity contribution in [1.82, 2.24) is 25.0 Å². The Kier molecular flexibility index (Phi) is 4.00. The van der Waals surface area contributed by atoms with E-state index in [9.17, 15) is 4.79 Å². The third-order valence-electron chi connectivity index (χ3n) is 4.30. The molecule has 110 valence electrons. The van der Waals surface area contributed by atoms with Crippen molar-refractivity contribution in [3.8, 4) is 0 Å². The summed E-state index contributed by atoms with van der Waals surface area (Å²) < 4.78 is 0. The Hall–Kier alpha value is -1.43. The number of aromatic amines is 1. The molecule has 0 radical (unpaired) electrons. The number of amides is 1. The van der Waals surface area contributed by atoms with Crippen LogP contribution in [0, 0.1) is 0 Å². The minimum Gasteiger partial charge on any atom is -0.334 e. The molecule has 0 spiro atoms. The summed E-state index contributed by atoms with van der Waals surface area (Å²) in [6, 6.07) is 0.538. The molecule has 0 bridgehead atoms. The molecule has 1 aromatic heterocycles. The lowest BCUT2D eigenvalue weighted by molar-refractivity contribution is 0.0731. The lowest BCUT2D eigenvalue weighted by Gasteiger charge is -2.24. The average Bonchev–Trinajstić information content (AvgIpc) is 3.04. The second-order valence-electron chi connectivity index (χ2n) is 5.79. The topological polar surface area (TPSA) is 65.1 Å². The van der Waals surface area contributed by atoms with Gasteiger partial charge in [-0.15, -0.1) is 5.10 Å². The smallest absolute Gasteiger partial charge is 0.293 e. The number of hydrogen-bond donors (Lipinski definition) is 1. The van der Waals surface area contributed by atoms with E-state index in [0.717, 1.165) is 44.7 Å². The van der Waals surface area contributed by atoms with Crippen LogP contribution in [0.1, 0.15) is 49.1 Å². The molecule has 2 aliphatic rings. The summed E-state index contributed by atoms with van der Waals surface area (Å²) in [5.74, 6) is 1.13. The average molecular weight is 277 g/mol. The predicted octanol–water partition coefficient (Wildman–Crippen LogP) is 1.07. The van der Waals surface area contributed by atoms with Crippen molar-refractivity contribution in [2.45, 2.75) is 45.1 Å². The summed E-state index contributed by atoms with van der Waals surface area (Å²) in [6.07, 6.45) is 5.36. The van der Waals surface area contributed by atoms with Gasteiger partial charge in [0.05, 0.1) is 0 Å². The molecule has 1 aromatic rings. The molecule has 20 heavy (non-hydrogen) atoms. The SMILES string of the molecule is CCCc1nc(C(=O)N2CCCN3CCCC3C2)n[nH]1. The summed E-state index contributed by atoms with van der Waals surface area (Å²) in [5.41, 5.74) is 0. The monoisotopic (exact) mass is 277 g/mol. The number of nitrogens with zero attached hydrogens (tertiary/aromatic N) is 4. The molecule has 1 unspecified atom stereocenters. The van der Waals surface area contributed by atoms with Gasteiger partial charge in [-0.05, 0) is 32.2 Å². The van der Waals surface area contributed by atoms with E-state index in [1.165, 1.54) is 19.4 Å². The van der Waals surface area contributed by atoms with Crippen LogP contribution < -0.4 is 0 Å². The van der Waals surface area contributed by atoms with Crippen LogP contribution in [0.4, 0.5) is 0 Å². The van der Waals surface area contributed by atoms with Gasteiger partial charge in [0.1, 0.15) is 5.82 Å². The Labute approximate surface area is 119 Å². The highest BCUT2D eigenvalue weighted by molar-refractivity contribution is 5.90. The summed E-state index contributed by atoms with van der Waals surface area (Å²) in [4.78, 5) is 21.3. The number of aromatic nitrogens is 3. The van der Waals surface area contributed by atoms with E-state index < -0.39 is 0 Å². The molecule has 6 nitrogen and oxygen atoms in total. The number of rotatable bonds is 3. The van der Waals surface area contributed by atoms with Crippen LogP contribution in [0.2, 0.25) is 0 Å². The zero-order valence-corrected chi connectivity index (χ0v) is 12.1. The Balaban J connectivity index is 1.68. The molecule has 2 fully saturated rings. The predicted molar refractivity (Wildman–Crippen MR) is 75.5 cm³/mol. The molecule has 1 N–H and O–H groups in total. The molecular weight excluding hydrogens is 254 g/mol. The van der Waals surface area contributed by atoms with Gasteiger partial charge in [0, 0.05) is 32.1 Å². The summed E-state index contributed by atoms with van der Waals surface area (Å²) in [6.45, 7) is 6.05. The molecule has 1 amide bonds. The van der Waals surface area contributed by atoms with E-state index in [1.54, 1.807) is 0 Å². The fourth-order valence-corrected chi connectivity index (χ4v) is 3.27. The molecule has 0 aromatic carbocycles. The second-order valence-corrected chi connectivity index (χ2v) is 5.79. The first-order valence-electron chi connectivity index (χ1n) is 7.72. The van der Waals surface area contributed by atoms with E-state index in [0.29, 0.717) is 11.9 Å². The van der Waals surface area contributed by atoms with Gasteiger partial charge in [-0.3, -0.25) is 14.8 Å². The number of fused-ring (bicyclic) bond motifs is 1. The summed E-state index contributed by atoms with van der Waals surface area (Å²) in [5, 5.41) is 6.95. The van der Waals surface area contributed by atoms with Crippen LogP contribution in [0.15, 0.2) is 0 Å². The fourth-order valence-electron chi connectivity index (χ4n) is 3.27. The number of carbonyl (C=O) groups is 1. The van der Waals surface area contributed by atoms with Crippen molar-refractivity contribution in [2.75, 3.05) is 26.2 Å². The maximum atomic E-state index is 12.5. The van der Waals surface area contributed by atoms with Crippen molar-refractivity contribution in [1.29, 1.82) is 0 Å². The van der Waals surface area contributed by atoms with E-state index in [2.05, 4.69) is 27.0 Å². The first-order valence-corrected chi connectivity index (χ1v) is 7.72. The van der Waals surface area contributed by atoms with Crippen molar-refractivity contribution in [3.63, 3.8) is 0 Å².